The number of benzene rings is 2. The van der Waals surface area contributed by atoms with Crippen molar-refractivity contribution in [3.05, 3.63) is 70.3 Å². The highest BCUT2D eigenvalue weighted by Gasteiger charge is 2.42. The summed E-state index contributed by atoms with van der Waals surface area (Å²) in [5.74, 6) is 1.98. The van der Waals surface area contributed by atoms with Crippen LogP contribution >= 0.6 is 15.8 Å². The van der Waals surface area contributed by atoms with Gasteiger partial charge in [-0.25, -0.2) is 0 Å². The average molecular weight is 538 g/mol. The Morgan fingerprint density at radius 3 is 1.43 bits per heavy atom. The number of hydrogen-bond donors (Lipinski definition) is 0. The molecule has 1 unspecified atom stereocenters. The van der Waals surface area contributed by atoms with E-state index in [4.69, 9.17) is 9.47 Å². The summed E-state index contributed by atoms with van der Waals surface area (Å²) in [6, 6.07) is 9.43. The molecular formula is C33H47O2P2. The van der Waals surface area contributed by atoms with E-state index in [-0.39, 0.29) is 18.2 Å². The maximum atomic E-state index is 5.74. The summed E-state index contributed by atoms with van der Waals surface area (Å²) in [5, 5.41) is 3.29. The van der Waals surface area contributed by atoms with Crippen molar-refractivity contribution in [3.63, 3.8) is 0 Å². The van der Waals surface area contributed by atoms with Gasteiger partial charge in [-0.2, -0.15) is 0 Å². The van der Waals surface area contributed by atoms with E-state index in [2.05, 4.69) is 119 Å². The van der Waals surface area contributed by atoms with Gasteiger partial charge in [0.05, 0.1) is 14.2 Å². The van der Waals surface area contributed by atoms with Gasteiger partial charge in [0.2, 0.25) is 0 Å². The molecule has 0 saturated heterocycles. The van der Waals surface area contributed by atoms with Crippen LogP contribution in [0.3, 0.4) is 0 Å². The third-order valence-electron chi connectivity index (χ3n) is 7.26. The van der Waals surface area contributed by atoms with Crippen LogP contribution in [0.25, 0.3) is 0 Å². The Bertz CT molecular complexity index is 1070. The van der Waals surface area contributed by atoms with E-state index in [9.17, 15) is 0 Å². The van der Waals surface area contributed by atoms with Gasteiger partial charge < -0.3 is 9.47 Å². The van der Waals surface area contributed by atoms with Gasteiger partial charge in [-0.1, -0.05) is 68.5 Å². The SMILES string of the molecule is COc1c(C)cc(P(c2cc(C)c(OC)c(C)c2)C2C=C[C]=C2[C@@H](C)P(C(C)(C)C)C(C)(C)C)cc1C. The molecule has 0 spiro atoms. The molecule has 0 bridgehead atoms. The Hall–Kier alpha value is -1.62. The number of allylic oxidation sites excluding steroid dienone is 4. The molecule has 1 radical (unpaired) electrons. The highest BCUT2D eigenvalue weighted by molar-refractivity contribution is 7.74. The zero-order chi connectivity index (χ0) is 27.9. The van der Waals surface area contributed by atoms with Crippen LogP contribution in [-0.2, 0) is 0 Å². The van der Waals surface area contributed by atoms with Gasteiger partial charge in [0.25, 0.3) is 0 Å². The lowest BCUT2D eigenvalue weighted by Gasteiger charge is -2.47. The largest absolute Gasteiger partial charge is 0.496 e. The summed E-state index contributed by atoms with van der Waals surface area (Å²) in [5.41, 5.74) is 7.05. The van der Waals surface area contributed by atoms with Gasteiger partial charge >= 0.3 is 0 Å². The van der Waals surface area contributed by atoms with Crippen molar-refractivity contribution in [2.75, 3.05) is 14.2 Å². The van der Waals surface area contributed by atoms with Crippen LogP contribution < -0.4 is 20.1 Å². The standard InChI is InChI=1S/C33H47O2P2/c1-21-17-26(18-22(2)30(21)34-12)36(27-19-23(3)31(35-13)24(4)20-27)29-16-14-15-28(29)25(5)37(32(6,7)8)33(9,10)11/h14,16-20,25,29H,1-13H3/t25-,29?/m1/s1. The fourth-order valence-electron chi connectivity index (χ4n) is 6.57. The molecule has 0 saturated carbocycles. The first-order chi connectivity index (χ1) is 17.1. The van der Waals surface area contributed by atoms with Crippen molar-refractivity contribution in [2.45, 2.75) is 97.8 Å². The lowest BCUT2D eigenvalue weighted by Crippen LogP contribution is -2.34. The highest BCUT2D eigenvalue weighted by Crippen LogP contribution is 2.65. The Morgan fingerprint density at radius 1 is 0.730 bits per heavy atom. The van der Waals surface area contributed by atoms with Crippen LogP contribution in [-0.4, -0.2) is 35.8 Å². The molecule has 2 aromatic rings. The molecule has 0 heterocycles. The molecule has 3 rings (SSSR count). The average Bonchev–Trinajstić information content (AvgIpc) is 3.21. The fourth-order valence-corrected chi connectivity index (χ4v) is 14.6. The minimum absolute atomic E-state index is 0.248. The third kappa shape index (κ3) is 6.18. The molecule has 4 heteroatoms. The molecule has 0 fully saturated rings. The van der Waals surface area contributed by atoms with Gasteiger partial charge in [-0.05, 0) is 115 Å². The summed E-state index contributed by atoms with van der Waals surface area (Å²) in [6.07, 6.45) is 8.38. The maximum Gasteiger partial charge on any atom is 0.124 e. The Balaban J connectivity index is 2.22. The van der Waals surface area contributed by atoms with Gasteiger partial charge in [-0.3, -0.25) is 0 Å². The molecule has 0 N–H and O–H groups in total. The first kappa shape index (κ1) is 29.9. The zero-order valence-corrected chi connectivity index (χ0v) is 27.1. The summed E-state index contributed by atoms with van der Waals surface area (Å²) in [7, 11) is 2.52. The second-order valence-electron chi connectivity index (χ2n) is 12.4. The van der Waals surface area contributed by atoms with E-state index in [0.717, 1.165) is 11.5 Å². The fraction of sp³-hybridized carbons (Fsp3) is 0.515. The van der Waals surface area contributed by atoms with E-state index in [1.54, 1.807) is 14.2 Å². The predicted molar refractivity (Wildman–Crippen MR) is 167 cm³/mol. The van der Waals surface area contributed by atoms with Crippen LogP contribution in [0.2, 0.25) is 0 Å². The van der Waals surface area contributed by atoms with Gasteiger partial charge in [-0.15, -0.1) is 0 Å². The number of ether oxygens (including phenoxy) is 2. The van der Waals surface area contributed by atoms with Crippen LogP contribution in [0.15, 0.2) is 42.0 Å². The van der Waals surface area contributed by atoms with Gasteiger partial charge in [0, 0.05) is 11.3 Å². The monoisotopic (exact) mass is 537 g/mol. The maximum absolute atomic E-state index is 5.74. The van der Waals surface area contributed by atoms with Crippen molar-refractivity contribution in [3.8, 4) is 11.5 Å². The van der Waals surface area contributed by atoms with Crippen molar-refractivity contribution in [2.24, 2.45) is 0 Å². The Labute approximate surface area is 229 Å². The molecule has 201 valence electrons. The summed E-state index contributed by atoms with van der Waals surface area (Å²) >= 11 is 0. The third-order valence-corrected chi connectivity index (χ3v) is 13.8. The molecule has 37 heavy (non-hydrogen) atoms. The number of hydrogen-bond acceptors (Lipinski definition) is 2. The lowest BCUT2D eigenvalue weighted by atomic mass is 10.1. The number of methoxy groups -OCH3 is 2. The molecule has 0 aromatic heterocycles. The quantitative estimate of drug-likeness (QED) is 0.330. The van der Waals surface area contributed by atoms with E-state index < -0.39 is 7.92 Å². The Morgan fingerprint density at radius 2 is 1.11 bits per heavy atom. The minimum atomic E-state index is -0.707. The summed E-state index contributed by atoms with van der Waals surface area (Å²) < 4.78 is 11.5. The first-order valence-electron chi connectivity index (χ1n) is 13.3. The molecule has 1 aliphatic carbocycles. The number of aryl methyl sites for hydroxylation is 4. The Kier molecular flexibility index (Phi) is 9.09. The van der Waals surface area contributed by atoms with Crippen molar-refractivity contribution in [1.82, 2.24) is 0 Å². The zero-order valence-electron chi connectivity index (χ0n) is 25.3. The van der Waals surface area contributed by atoms with Crippen LogP contribution in [0.5, 0.6) is 11.5 Å². The van der Waals surface area contributed by atoms with E-state index in [0.29, 0.717) is 11.3 Å². The van der Waals surface area contributed by atoms with E-state index >= 15 is 0 Å². The first-order valence-corrected chi connectivity index (χ1v) is 16.1. The second kappa shape index (κ2) is 11.2. The molecule has 2 nitrogen and oxygen atoms in total. The van der Waals surface area contributed by atoms with Crippen molar-refractivity contribution >= 4 is 26.5 Å². The molecule has 1 aliphatic rings. The topological polar surface area (TPSA) is 18.5 Å². The highest BCUT2D eigenvalue weighted by atomic mass is 31.1. The van der Waals surface area contributed by atoms with Crippen molar-refractivity contribution in [1.29, 1.82) is 0 Å². The lowest BCUT2D eigenvalue weighted by molar-refractivity contribution is 0.408. The van der Waals surface area contributed by atoms with Crippen LogP contribution in [0.1, 0.15) is 70.7 Å². The van der Waals surface area contributed by atoms with Gasteiger partial charge in [0.1, 0.15) is 11.5 Å². The summed E-state index contributed by atoms with van der Waals surface area (Å²) in [6.45, 7) is 25.7. The van der Waals surface area contributed by atoms with Crippen LogP contribution in [0, 0.1) is 33.8 Å². The van der Waals surface area contributed by atoms with Crippen molar-refractivity contribution < 1.29 is 9.47 Å². The normalized spacial score (nSPS) is 16.9. The molecule has 2 aromatic carbocycles. The molecular weight excluding hydrogens is 490 g/mol. The molecule has 0 aliphatic heterocycles. The minimum Gasteiger partial charge on any atom is -0.496 e. The molecule has 0 amide bonds. The second-order valence-corrected chi connectivity index (χ2v) is 18.9. The van der Waals surface area contributed by atoms with E-state index in [1.807, 2.05) is 0 Å². The smallest absolute Gasteiger partial charge is 0.124 e. The van der Waals surface area contributed by atoms with E-state index in [1.165, 1.54) is 38.4 Å². The van der Waals surface area contributed by atoms with Crippen LogP contribution in [0.4, 0.5) is 0 Å². The molecule has 2 atom stereocenters. The summed E-state index contributed by atoms with van der Waals surface area (Å²) in [4.78, 5) is 0. The number of rotatable bonds is 7. The van der Waals surface area contributed by atoms with Gasteiger partial charge in [0.15, 0.2) is 0 Å². The predicted octanol–water partition coefficient (Wildman–Crippen LogP) is 8.51.